The van der Waals surface area contributed by atoms with Crippen molar-refractivity contribution in [3.8, 4) is 0 Å². The molecule has 1 aromatic heterocycles. The molecule has 0 spiro atoms. The molecule has 184 valence electrons. The van der Waals surface area contributed by atoms with Crippen molar-refractivity contribution >= 4 is 23.6 Å². The van der Waals surface area contributed by atoms with E-state index in [1.807, 2.05) is 73.9 Å². The maximum atomic E-state index is 12.9. The zero-order chi connectivity index (χ0) is 25.2. The number of thioether (sulfide) groups is 1. The summed E-state index contributed by atoms with van der Waals surface area (Å²) in [5.41, 5.74) is 2.81. The number of nitrogens with one attached hydrogen (secondary N) is 2. The molecule has 2 N–H and O–H groups in total. The van der Waals surface area contributed by atoms with Crippen molar-refractivity contribution in [2.75, 3.05) is 12.3 Å². The van der Waals surface area contributed by atoms with Crippen molar-refractivity contribution in [3.05, 3.63) is 89.8 Å². The molecule has 35 heavy (non-hydrogen) atoms. The third kappa shape index (κ3) is 7.55. The van der Waals surface area contributed by atoms with Crippen LogP contribution in [0.5, 0.6) is 0 Å². The molecule has 3 rings (SSSR count). The Hall–Kier alpha value is -3.39. The molecule has 0 saturated heterocycles. The Balaban J connectivity index is 1.65. The summed E-state index contributed by atoms with van der Waals surface area (Å²) < 4.78 is 1.91. The Labute approximate surface area is 211 Å². The topological polar surface area (TPSA) is 88.9 Å². The van der Waals surface area contributed by atoms with Gasteiger partial charge < -0.3 is 15.2 Å². The number of aryl methyl sites for hydroxylation is 1. The highest BCUT2D eigenvalue weighted by Crippen LogP contribution is 2.25. The Morgan fingerprint density at radius 2 is 1.89 bits per heavy atom. The Kier molecular flexibility index (Phi) is 9.66. The van der Waals surface area contributed by atoms with Gasteiger partial charge in [-0.05, 0) is 37.0 Å². The number of benzene rings is 2. The predicted octanol–water partition coefficient (Wildman–Crippen LogP) is 4.35. The number of rotatable bonds is 12. The van der Waals surface area contributed by atoms with Gasteiger partial charge in [0, 0.05) is 18.7 Å². The van der Waals surface area contributed by atoms with Crippen molar-refractivity contribution in [2.24, 2.45) is 5.92 Å². The minimum Gasteiger partial charge on any atom is -0.355 e. The Bertz CT molecular complexity index is 1140. The SMILES string of the molecule is C=CCn1c(SCC(=O)NCCc2ccccc2)nnc1[C@H](NC(=O)c1cccc(C)c1)C(C)C. The summed E-state index contributed by atoms with van der Waals surface area (Å²) >= 11 is 1.33. The number of hydrogen-bond acceptors (Lipinski definition) is 5. The quantitative estimate of drug-likeness (QED) is 0.290. The molecule has 0 aliphatic heterocycles. The zero-order valence-electron chi connectivity index (χ0n) is 20.5. The monoisotopic (exact) mass is 491 g/mol. The number of hydrogen-bond donors (Lipinski definition) is 2. The fraction of sp³-hybridized carbons (Fsp3) is 0.333. The van der Waals surface area contributed by atoms with Gasteiger partial charge in [-0.15, -0.1) is 16.8 Å². The summed E-state index contributed by atoms with van der Waals surface area (Å²) in [6.45, 7) is 10.9. The minimum absolute atomic E-state index is 0.0613. The molecule has 0 radical (unpaired) electrons. The number of nitrogens with zero attached hydrogens (tertiary/aromatic N) is 3. The zero-order valence-corrected chi connectivity index (χ0v) is 21.3. The van der Waals surface area contributed by atoms with E-state index >= 15 is 0 Å². The van der Waals surface area contributed by atoms with Crippen LogP contribution in [-0.4, -0.2) is 38.9 Å². The molecule has 3 aromatic rings. The van der Waals surface area contributed by atoms with E-state index in [-0.39, 0.29) is 29.5 Å². The van der Waals surface area contributed by atoms with E-state index in [1.54, 1.807) is 12.1 Å². The molecule has 0 fully saturated rings. The number of amides is 2. The van der Waals surface area contributed by atoms with Gasteiger partial charge in [-0.1, -0.05) is 79.7 Å². The molecular formula is C27H33N5O2S. The van der Waals surface area contributed by atoms with Crippen LogP contribution in [0, 0.1) is 12.8 Å². The largest absolute Gasteiger partial charge is 0.355 e. The van der Waals surface area contributed by atoms with Gasteiger partial charge in [0.2, 0.25) is 5.91 Å². The van der Waals surface area contributed by atoms with Gasteiger partial charge in [0.1, 0.15) is 0 Å². The lowest BCUT2D eigenvalue weighted by molar-refractivity contribution is -0.118. The highest BCUT2D eigenvalue weighted by molar-refractivity contribution is 7.99. The first-order chi connectivity index (χ1) is 16.9. The summed E-state index contributed by atoms with van der Waals surface area (Å²) in [5, 5.41) is 15.4. The standard InChI is InChI=1S/C27H33N5O2S/c1-5-16-32-25(24(19(2)3)29-26(34)22-13-9-10-20(4)17-22)30-31-27(32)35-18-23(33)28-15-14-21-11-7-6-8-12-21/h5-13,17,19,24H,1,14-16,18H2,2-4H3,(H,28,33)(H,29,34)/t24-/m1/s1. The molecule has 0 unspecified atom stereocenters. The van der Waals surface area contributed by atoms with E-state index in [0.717, 1.165) is 12.0 Å². The molecule has 0 aliphatic carbocycles. The van der Waals surface area contributed by atoms with Crippen LogP contribution in [0.25, 0.3) is 0 Å². The average Bonchev–Trinajstić information content (AvgIpc) is 3.24. The second-order valence-corrected chi connectivity index (χ2v) is 9.62. The van der Waals surface area contributed by atoms with Crippen LogP contribution in [0.15, 0.2) is 72.4 Å². The summed E-state index contributed by atoms with van der Waals surface area (Å²) in [6.07, 6.45) is 2.54. The van der Waals surface area contributed by atoms with Crippen LogP contribution in [-0.2, 0) is 17.8 Å². The van der Waals surface area contributed by atoms with E-state index in [9.17, 15) is 9.59 Å². The Morgan fingerprint density at radius 3 is 2.57 bits per heavy atom. The normalized spacial score (nSPS) is 11.8. The van der Waals surface area contributed by atoms with Crippen LogP contribution in [0.3, 0.4) is 0 Å². The molecule has 0 bridgehead atoms. The van der Waals surface area contributed by atoms with Gasteiger partial charge in [-0.3, -0.25) is 9.59 Å². The Morgan fingerprint density at radius 1 is 1.11 bits per heavy atom. The fourth-order valence-corrected chi connectivity index (χ4v) is 4.43. The number of allylic oxidation sites excluding steroid dienone is 1. The first-order valence-corrected chi connectivity index (χ1v) is 12.7. The van der Waals surface area contributed by atoms with Gasteiger partial charge in [-0.25, -0.2) is 0 Å². The first-order valence-electron chi connectivity index (χ1n) is 11.7. The van der Waals surface area contributed by atoms with Crippen molar-refractivity contribution in [3.63, 3.8) is 0 Å². The van der Waals surface area contributed by atoms with E-state index in [2.05, 4.69) is 27.4 Å². The maximum Gasteiger partial charge on any atom is 0.251 e. The molecule has 7 nitrogen and oxygen atoms in total. The third-order valence-corrected chi connectivity index (χ3v) is 6.45. The molecule has 0 aliphatic rings. The van der Waals surface area contributed by atoms with Crippen LogP contribution < -0.4 is 10.6 Å². The second kappa shape index (κ2) is 12.9. The molecule has 8 heteroatoms. The molecule has 2 amide bonds. The van der Waals surface area contributed by atoms with Crippen LogP contribution in [0.4, 0.5) is 0 Å². The minimum atomic E-state index is -0.343. The maximum absolute atomic E-state index is 12.9. The third-order valence-electron chi connectivity index (χ3n) is 5.48. The summed E-state index contributed by atoms with van der Waals surface area (Å²) in [7, 11) is 0. The van der Waals surface area contributed by atoms with Crippen molar-refractivity contribution in [2.45, 2.75) is 44.9 Å². The first kappa shape index (κ1) is 26.2. The van der Waals surface area contributed by atoms with Gasteiger partial charge in [0.15, 0.2) is 11.0 Å². The predicted molar refractivity (Wildman–Crippen MR) is 140 cm³/mol. The van der Waals surface area contributed by atoms with E-state index in [4.69, 9.17) is 0 Å². The molecule has 2 aromatic carbocycles. The fourth-order valence-electron chi connectivity index (χ4n) is 3.65. The summed E-state index contributed by atoms with van der Waals surface area (Å²) in [4.78, 5) is 25.3. The van der Waals surface area contributed by atoms with E-state index in [0.29, 0.717) is 29.6 Å². The highest BCUT2D eigenvalue weighted by Gasteiger charge is 2.26. The van der Waals surface area contributed by atoms with Crippen molar-refractivity contribution in [1.82, 2.24) is 25.4 Å². The van der Waals surface area contributed by atoms with Crippen LogP contribution in [0.2, 0.25) is 0 Å². The van der Waals surface area contributed by atoms with Gasteiger partial charge in [0.25, 0.3) is 5.91 Å². The lowest BCUT2D eigenvalue weighted by Gasteiger charge is -2.22. The smallest absolute Gasteiger partial charge is 0.251 e. The lowest BCUT2D eigenvalue weighted by atomic mass is 10.0. The summed E-state index contributed by atoms with van der Waals surface area (Å²) in [6, 6.07) is 17.2. The average molecular weight is 492 g/mol. The highest BCUT2D eigenvalue weighted by atomic mass is 32.2. The lowest BCUT2D eigenvalue weighted by Crippen LogP contribution is -2.34. The molecule has 1 heterocycles. The van der Waals surface area contributed by atoms with Gasteiger partial charge in [0.05, 0.1) is 11.8 Å². The molecule has 0 saturated carbocycles. The van der Waals surface area contributed by atoms with Crippen LogP contribution >= 0.6 is 11.8 Å². The van der Waals surface area contributed by atoms with Crippen molar-refractivity contribution < 1.29 is 9.59 Å². The van der Waals surface area contributed by atoms with Crippen LogP contribution in [0.1, 0.15) is 47.2 Å². The van der Waals surface area contributed by atoms with Gasteiger partial charge in [-0.2, -0.15) is 0 Å². The molecule has 1 atom stereocenters. The summed E-state index contributed by atoms with van der Waals surface area (Å²) in [5.74, 6) is 0.733. The number of carbonyl (C=O) groups is 2. The van der Waals surface area contributed by atoms with Gasteiger partial charge >= 0.3 is 0 Å². The van der Waals surface area contributed by atoms with Crippen molar-refractivity contribution in [1.29, 1.82) is 0 Å². The second-order valence-electron chi connectivity index (χ2n) is 8.68. The number of carbonyl (C=O) groups excluding carboxylic acids is 2. The number of aromatic nitrogens is 3. The molecular weight excluding hydrogens is 458 g/mol. The van der Waals surface area contributed by atoms with E-state index < -0.39 is 0 Å². The van der Waals surface area contributed by atoms with E-state index in [1.165, 1.54) is 17.3 Å².